The molecule has 0 aromatic heterocycles. The van der Waals surface area contributed by atoms with Crippen molar-refractivity contribution in [2.45, 2.75) is 30.8 Å². The van der Waals surface area contributed by atoms with Gasteiger partial charge >= 0.3 is 0 Å². The molecule has 1 aliphatic heterocycles. The summed E-state index contributed by atoms with van der Waals surface area (Å²) in [4.78, 5) is 0.196. The van der Waals surface area contributed by atoms with Crippen molar-refractivity contribution in [1.29, 1.82) is 0 Å². The van der Waals surface area contributed by atoms with Gasteiger partial charge in [-0.15, -0.1) is 0 Å². The summed E-state index contributed by atoms with van der Waals surface area (Å²) < 4.78 is 37.8. The second kappa shape index (κ2) is 3.04. The molecule has 0 N–H and O–H groups in total. The van der Waals surface area contributed by atoms with Crippen LogP contribution in [0.1, 0.15) is 24.5 Å². The van der Waals surface area contributed by atoms with Gasteiger partial charge in [0.2, 0.25) is 0 Å². The molecular weight excluding hydrogens is 215 g/mol. The summed E-state index contributed by atoms with van der Waals surface area (Å²) in [5, 5.41) is 0. The molecule has 1 heterocycles. The van der Waals surface area contributed by atoms with E-state index in [9.17, 15) is 12.8 Å². The Hall–Kier alpha value is -0.900. The summed E-state index contributed by atoms with van der Waals surface area (Å²) in [5.74, 6) is -0.0994. The van der Waals surface area contributed by atoms with E-state index >= 15 is 0 Å². The molecule has 0 bridgehead atoms. The monoisotopic (exact) mass is 228 g/mol. The third-order valence-electron chi connectivity index (χ3n) is 2.92. The van der Waals surface area contributed by atoms with Gasteiger partial charge in [0.15, 0.2) is 9.84 Å². The summed E-state index contributed by atoms with van der Waals surface area (Å²) in [6.07, 6.45) is 0.0474. The van der Waals surface area contributed by atoms with Crippen molar-refractivity contribution >= 4 is 9.84 Å². The lowest BCUT2D eigenvalue weighted by atomic mass is 9.93. The van der Waals surface area contributed by atoms with Crippen molar-refractivity contribution in [3.8, 4) is 0 Å². The van der Waals surface area contributed by atoms with Crippen LogP contribution in [-0.2, 0) is 15.5 Å². The molecule has 1 aliphatic rings. The number of hydrogen-bond acceptors (Lipinski definition) is 2. The summed E-state index contributed by atoms with van der Waals surface area (Å²) in [7, 11) is -3.28. The fraction of sp³-hybridized carbons (Fsp3) is 0.455. The average molecular weight is 228 g/mol. The van der Waals surface area contributed by atoms with Gasteiger partial charge in [-0.05, 0) is 25.8 Å². The van der Waals surface area contributed by atoms with Gasteiger partial charge in [-0.1, -0.05) is 18.2 Å². The Morgan fingerprint density at radius 1 is 1.40 bits per heavy atom. The van der Waals surface area contributed by atoms with Crippen molar-refractivity contribution in [3.63, 3.8) is 0 Å². The van der Waals surface area contributed by atoms with Gasteiger partial charge < -0.3 is 0 Å². The Morgan fingerprint density at radius 3 is 2.67 bits per heavy atom. The molecule has 82 valence electrons. The van der Waals surface area contributed by atoms with Crippen LogP contribution >= 0.6 is 0 Å². The first-order chi connectivity index (χ1) is 6.84. The summed E-state index contributed by atoms with van der Waals surface area (Å²) in [6.45, 7) is 3.15. The fourth-order valence-electron chi connectivity index (χ4n) is 2.04. The highest BCUT2D eigenvalue weighted by atomic mass is 32.2. The molecule has 1 aromatic carbocycles. The van der Waals surface area contributed by atoms with Gasteiger partial charge in [0.1, 0.15) is 5.67 Å². The molecule has 15 heavy (non-hydrogen) atoms. The molecule has 0 saturated carbocycles. The molecule has 0 amide bonds. The molecule has 0 fully saturated rings. The van der Waals surface area contributed by atoms with Gasteiger partial charge in [0, 0.05) is 5.56 Å². The van der Waals surface area contributed by atoms with E-state index in [4.69, 9.17) is 0 Å². The minimum atomic E-state index is -3.28. The number of sulfone groups is 1. The van der Waals surface area contributed by atoms with Crippen LogP contribution in [0.2, 0.25) is 0 Å². The lowest BCUT2D eigenvalue weighted by Gasteiger charge is -2.29. The van der Waals surface area contributed by atoms with Gasteiger partial charge in [0.05, 0.1) is 10.6 Å². The zero-order valence-electron chi connectivity index (χ0n) is 8.75. The van der Waals surface area contributed by atoms with Crippen molar-refractivity contribution in [2.24, 2.45) is 0 Å². The fourth-order valence-corrected chi connectivity index (χ4v) is 4.07. The SMILES string of the molecule is Cc1cccc2c1S(=O)(=O)CCC2(C)F. The molecule has 0 aliphatic carbocycles. The van der Waals surface area contributed by atoms with Crippen molar-refractivity contribution < 1.29 is 12.8 Å². The molecule has 2 nitrogen and oxygen atoms in total. The zero-order chi connectivity index (χ0) is 11.3. The van der Waals surface area contributed by atoms with Crippen LogP contribution in [0.15, 0.2) is 23.1 Å². The lowest BCUT2D eigenvalue weighted by molar-refractivity contribution is 0.178. The Balaban J connectivity index is 2.82. The normalized spacial score (nSPS) is 28.5. The van der Waals surface area contributed by atoms with Gasteiger partial charge in [-0.2, -0.15) is 0 Å². The number of fused-ring (bicyclic) bond motifs is 1. The van der Waals surface area contributed by atoms with E-state index in [0.717, 1.165) is 0 Å². The molecule has 2 rings (SSSR count). The highest BCUT2D eigenvalue weighted by molar-refractivity contribution is 7.91. The largest absolute Gasteiger partial charge is 0.239 e. The Kier molecular flexibility index (Phi) is 2.15. The molecular formula is C11H13FO2S. The van der Waals surface area contributed by atoms with E-state index in [1.807, 2.05) is 0 Å². The molecule has 0 spiro atoms. The van der Waals surface area contributed by atoms with Crippen LogP contribution in [0.25, 0.3) is 0 Å². The zero-order valence-corrected chi connectivity index (χ0v) is 9.57. The number of hydrogen-bond donors (Lipinski definition) is 0. The number of halogens is 1. The quantitative estimate of drug-likeness (QED) is 0.683. The average Bonchev–Trinajstić information content (AvgIpc) is 2.13. The van der Waals surface area contributed by atoms with Crippen LogP contribution in [0.4, 0.5) is 4.39 Å². The molecule has 0 saturated heterocycles. The standard InChI is InChI=1S/C11H13FO2S/c1-8-4-3-5-9-10(8)15(13,14)7-6-11(9,2)12/h3-5H,6-7H2,1-2H3. The number of rotatable bonds is 0. The first-order valence-corrected chi connectivity index (χ1v) is 6.51. The second-order valence-corrected chi connectivity index (χ2v) is 6.26. The molecule has 4 heteroatoms. The molecule has 0 radical (unpaired) electrons. The predicted octanol–water partition coefficient (Wildman–Crippen LogP) is 2.36. The molecule has 1 atom stereocenters. The van der Waals surface area contributed by atoms with E-state index in [-0.39, 0.29) is 17.1 Å². The Labute approximate surface area is 89.0 Å². The number of alkyl halides is 1. The molecule has 1 aromatic rings. The van der Waals surface area contributed by atoms with Crippen LogP contribution in [0, 0.1) is 6.92 Å². The van der Waals surface area contributed by atoms with Gasteiger partial charge in [-0.3, -0.25) is 0 Å². The van der Waals surface area contributed by atoms with E-state index in [1.165, 1.54) is 6.92 Å². The first kappa shape index (κ1) is 10.6. The van der Waals surface area contributed by atoms with Gasteiger partial charge in [-0.25, -0.2) is 12.8 Å². The maximum Gasteiger partial charge on any atom is 0.179 e. The van der Waals surface area contributed by atoms with Gasteiger partial charge in [0.25, 0.3) is 0 Å². The van der Waals surface area contributed by atoms with Crippen molar-refractivity contribution in [2.75, 3.05) is 5.75 Å². The smallest absolute Gasteiger partial charge is 0.179 e. The second-order valence-electron chi connectivity index (χ2n) is 4.22. The van der Waals surface area contributed by atoms with Crippen LogP contribution in [-0.4, -0.2) is 14.2 Å². The van der Waals surface area contributed by atoms with E-state index in [0.29, 0.717) is 11.1 Å². The van der Waals surface area contributed by atoms with Crippen LogP contribution in [0.5, 0.6) is 0 Å². The summed E-state index contributed by atoms with van der Waals surface area (Å²) >= 11 is 0. The Morgan fingerprint density at radius 2 is 2.07 bits per heavy atom. The maximum atomic E-state index is 14.1. The van der Waals surface area contributed by atoms with E-state index < -0.39 is 15.5 Å². The number of benzene rings is 1. The van der Waals surface area contributed by atoms with Crippen molar-refractivity contribution in [1.82, 2.24) is 0 Å². The summed E-state index contributed by atoms with van der Waals surface area (Å²) in [5.41, 5.74) is -0.572. The molecule has 1 unspecified atom stereocenters. The van der Waals surface area contributed by atoms with Crippen LogP contribution < -0.4 is 0 Å². The lowest BCUT2D eigenvalue weighted by Crippen LogP contribution is -2.29. The topological polar surface area (TPSA) is 34.1 Å². The maximum absolute atomic E-state index is 14.1. The minimum Gasteiger partial charge on any atom is -0.239 e. The van der Waals surface area contributed by atoms with E-state index in [1.54, 1.807) is 25.1 Å². The highest BCUT2D eigenvalue weighted by Gasteiger charge is 2.39. The number of aryl methyl sites for hydroxylation is 1. The third kappa shape index (κ3) is 1.57. The Bertz CT molecular complexity index is 503. The minimum absolute atomic E-state index is 0.0474. The van der Waals surface area contributed by atoms with Crippen molar-refractivity contribution in [3.05, 3.63) is 29.3 Å². The van der Waals surface area contributed by atoms with E-state index in [2.05, 4.69) is 0 Å². The highest BCUT2D eigenvalue weighted by Crippen LogP contribution is 2.40. The van der Waals surface area contributed by atoms with Crippen LogP contribution in [0.3, 0.4) is 0 Å². The third-order valence-corrected chi connectivity index (χ3v) is 4.83. The predicted molar refractivity (Wildman–Crippen MR) is 56.3 cm³/mol. The first-order valence-electron chi connectivity index (χ1n) is 4.86. The summed E-state index contributed by atoms with van der Waals surface area (Å²) in [6, 6.07) is 4.98.